The number of anilines is 1. The van der Waals surface area contributed by atoms with Gasteiger partial charge in [0.15, 0.2) is 5.78 Å². The highest BCUT2D eigenvalue weighted by atomic mass is 35.5. The smallest absolute Gasteiger partial charge is 0.203 e. The van der Waals surface area contributed by atoms with Gasteiger partial charge in [0.25, 0.3) is 0 Å². The fourth-order valence-electron chi connectivity index (χ4n) is 2.44. The van der Waals surface area contributed by atoms with Gasteiger partial charge in [-0.3, -0.25) is 9.80 Å². The van der Waals surface area contributed by atoms with Crippen LogP contribution in [-0.4, -0.2) is 11.5 Å². The van der Waals surface area contributed by atoms with E-state index in [-0.39, 0.29) is 24.0 Å². The molecule has 0 spiro atoms. The average Bonchev–Trinajstić information content (AvgIpc) is 2.56. The van der Waals surface area contributed by atoms with Crippen LogP contribution < -0.4 is 5.01 Å². The number of benzene rings is 2. The lowest BCUT2D eigenvalue weighted by Gasteiger charge is -2.32. The van der Waals surface area contributed by atoms with Gasteiger partial charge in [0.2, 0.25) is 5.71 Å². The first-order valence-corrected chi connectivity index (χ1v) is 7.18. The van der Waals surface area contributed by atoms with Gasteiger partial charge in [0.05, 0.1) is 11.7 Å². The fraction of sp³-hybridized carbons (Fsp3) is 0.118. The molecule has 0 bridgehead atoms. The molecule has 1 aliphatic rings. The first-order chi connectivity index (χ1) is 10.7. The molecule has 22 heavy (non-hydrogen) atoms. The minimum atomic E-state index is -0.235. The molecule has 0 N–H and O–H groups in total. The molecule has 108 valence electrons. The molecule has 2 aromatic carbocycles. The van der Waals surface area contributed by atoms with Crippen LogP contribution >= 0.6 is 11.6 Å². The number of nitriles is 1. The van der Waals surface area contributed by atoms with Crippen molar-refractivity contribution in [1.82, 2.24) is 0 Å². The van der Waals surface area contributed by atoms with Crippen molar-refractivity contribution in [3.63, 3.8) is 0 Å². The molecule has 4 nitrogen and oxygen atoms in total. The van der Waals surface area contributed by atoms with Gasteiger partial charge in [0, 0.05) is 11.4 Å². The van der Waals surface area contributed by atoms with E-state index in [9.17, 15) is 4.79 Å². The van der Waals surface area contributed by atoms with Crippen LogP contribution in [0.3, 0.4) is 0 Å². The summed E-state index contributed by atoms with van der Waals surface area (Å²) >= 11 is 5.92. The molecule has 1 aliphatic heterocycles. The van der Waals surface area contributed by atoms with Crippen molar-refractivity contribution in [2.75, 3.05) is 5.01 Å². The maximum Gasteiger partial charge on any atom is 0.203 e. The van der Waals surface area contributed by atoms with Crippen molar-refractivity contribution in [3.8, 4) is 6.07 Å². The standard InChI is InChI=1S/C17H12ClN3O/c18-13-6-8-14(9-7-13)21-16(12-4-2-1-3-5-12)10-17(22)15(11-19)20-21/h1-9,16H,10H2/t16-/m0/s1. The Bertz CT molecular complexity index is 763. The normalized spacial score (nSPS) is 17.8. The summed E-state index contributed by atoms with van der Waals surface area (Å²) in [7, 11) is 0. The third kappa shape index (κ3) is 2.72. The van der Waals surface area contributed by atoms with E-state index < -0.39 is 0 Å². The molecule has 0 aromatic heterocycles. The zero-order valence-corrected chi connectivity index (χ0v) is 12.4. The van der Waals surface area contributed by atoms with E-state index in [0.29, 0.717) is 5.02 Å². The highest BCUT2D eigenvalue weighted by molar-refractivity contribution is 6.46. The second-order valence-corrected chi connectivity index (χ2v) is 5.37. The lowest BCUT2D eigenvalue weighted by molar-refractivity contribution is -0.113. The van der Waals surface area contributed by atoms with Crippen LogP contribution in [0.2, 0.25) is 5.02 Å². The third-order valence-corrected chi connectivity index (χ3v) is 3.78. The second-order valence-electron chi connectivity index (χ2n) is 4.94. The van der Waals surface area contributed by atoms with E-state index in [1.807, 2.05) is 48.5 Å². The number of ketones is 1. The van der Waals surface area contributed by atoms with Gasteiger partial charge in [-0.15, -0.1) is 0 Å². The minimum absolute atomic E-state index is 0.0675. The van der Waals surface area contributed by atoms with Gasteiger partial charge in [-0.05, 0) is 29.8 Å². The van der Waals surface area contributed by atoms with Gasteiger partial charge in [0.1, 0.15) is 6.07 Å². The number of rotatable bonds is 2. The molecule has 0 saturated carbocycles. The maximum atomic E-state index is 12.0. The number of nitrogens with zero attached hydrogens (tertiary/aromatic N) is 3. The summed E-state index contributed by atoms with van der Waals surface area (Å²) in [5, 5.41) is 15.6. The number of carbonyl (C=O) groups excluding carboxylic acids is 1. The summed E-state index contributed by atoms with van der Waals surface area (Å²) in [5.74, 6) is -0.235. The molecule has 0 unspecified atom stereocenters. The summed E-state index contributed by atoms with van der Waals surface area (Å²) in [6, 6.07) is 18.5. The van der Waals surface area contributed by atoms with Crippen molar-refractivity contribution in [2.24, 2.45) is 5.10 Å². The highest BCUT2D eigenvalue weighted by Crippen LogP contribution is 2.33. The van der Waals surface area contributed by atoms with E-state index in [2.05, 4.69) is 5.10 Å². The molecule has 0 saturated heterocycles. The van der Waals surface area contributed by atoms with Crippen LogP contribution in [0.5, 0.6) is 0 Å². The molecular formula is C17H12ClN3O. The summed E-state index contributed by atoms with van der Waals surface area (Å²) < 4.78 is 0. The zero-order valence-electron chi connectivity index (χ0n) is 11.6. The molecule has 3 rings (SSSR count). The second kappa shape index (κ2) is 6.00. The van der Waals surface area contributed by atoms with Crippen LogP contribution in [0.15, 0.2) is 59.7 Å². The topological polar surface area (TPSA) is 56.5 Å². The number of hydrogen-bond donors (Lipinski definition) is 0. The number of Topliss-reactive ketones (excluding diaryl/α,β-unsaturated/α-hetero) is 1. The quantitative estimate of drug-likeness (QED) is 0.849. The molecular weight excluding hydrogens is 298 g/mol. The lowest BCUT2D eigenvalue weighted by atomic mass is 9.97. The van der Waals surface area contributed by atoms with E-state index in [0.717, 1.165) is 11.3 Å². The van der Waals surface area contributed by atoms with Gasteiger partial charge in [-0.2, -0.15) is 10.4 Å². The maximum absolute atomic E-state index is 12.0. The molecule has 0 amide bonds. The largest absolute Gasteiger partial charge is 0.291 e. The number of halogens is 1. The van der Waals surface area contributed by atoms with E-state index in [1.165, 1.54) is 0 Å². The molecule has 2 aromatic rings. The molecule has 0 fully saturated rings. The number of carbonyl (C=O) groups is 1. The zero-order chi connectivity index (χ0) is 15.5. The Morgan fingerprint density at radius 2 is 1.82 bits per heavy atom. The van der Waals surface area contributed by atoms with Crippen molar-refractivity contribution >= 4 is 28.8 Å². The third-order valence-electron chi connectivity index (χ3n) is 3.53. The summed E-state index contributed by atoms with van der Waals surface area (Å²) in [6.07, 6.45) is 0.221. The van der Waals surface area contributed by atoms with Crippen molar-refractivity contribution in [2.45, 2.75) is 12.5 Å². The van der Waals surface area contributed by atoms with Gasteiger partial charge >= 0.3 is 0 Å². The summed E-state index contributed by atoms with van der Waals surface area (Å²) in [5.41, 5.74) is 1.70. The predicted molar refractivity (Wildman–Crippen MR) is 85.8 cm³/mol. The molecule has 0 aliphatic carbocycles. The first-order valence-electron chi connectivity index (χ1n) is 6.80. The van der Waals surface area contributed by atoms with Crippen molar-refractivity contribution in [3.05, 3.63) is 65.2 Å². The van der Waals surface area contributed by atoms with Crippen LogP contribution in [0.4, 0.5) is 5.69 Å². The average molecular weight is 310 g/mol. The van der Waals surface area contributed by atoms with Crippen LogP contribution in [0.1, 0.15) is 18.0 Å². The number of hydrogen-bond acceptors (Lipinski definition) is 4. The summed E-state index contributed by atoms with van der Waals surface area (Å²) in [4.78, 5) is 12.0. The molecule has 0 radical (unpaired) electrons. The van der Waals surface area contributed by atoms with Crippen molar-refractivity contribution in [1.29, 1.82) is 5.26 Å². The Labute approximate surface area is 133 Å². The Hall–Kier alpha value is -2.64. The predicted octanol–water partition coefficient (Wildman–Crippen LogP) is 3.74. The van der Waals surface area contributed by atoms with E-state index in [4.69, 9.17) is 16.9 Å². The Morgan fingerprint density at radius 1 is 1.14 bits per heavy atom. The van der Waals surface area contributed by atoms with Crippen LogP contribution in [0.25, 0.3) is 0 Å². The first kappa shape index (κ1) is 14.3. The van der Waals surface area contributed by atoms with E-state index >= 15 is 0 Å². The SMILES string of the molecule is N#CC1=NN(c2ccc(Cl)cc2)[C@H](c2ccccc2)CC1=O. The molecule has 5 heteroatoms. The van der Waals surface area contributed by atoms with Gasteiger partial charge in [-0.25, -0.2) is 0 Å². The Balaban J connectivity index is 2.07. The molecule has 1 atom stereocenters. The monoisotopic (exact) mass is 309 g/mol. The van der Waals surface area contributed by atoms with Gasteiger partial charge in [-0.1, -0.05) is 41.9 Å². The van der Waals surface area contributed by atoms with E-state index in [1.54, 1.807) is 17.1 Å². The van der Waals surface area contributed by atoms with Gasteiger partial charge < -0.3 is 0 Å². The Kier molecular flexibility index (Phi) is 3.90. The summed E-state index contributed by atoms with van der Waals surface area (Å²) in [6.45, 7) is 0. The van der Waals surface area contributed by atoms with Crippen molar-refractivity contribution < 1.29 is 4.79 Å². The Morgan fingerprint density at radius 3 is 2.45 bits per heavy atom. The highest BCUT2D eigenvalue weighted by Gasteiger charge is 2.31. The number of hydrazone groups is 1. The van der Waals surface area contributed by atoms with Crippen LogP contribution in [-0.2, 0) is 4.79 Å². The minimum Gasteiger partial charge on any atom is -0.291 e. The lowest BCUT2D eigenvalue weighted by Crippen LogP contribution is -2.34. The molecule has 1 heterocycles. The van der Waals surface area contributed by atoms with Crippen LogP contribution in [0, 0.1) is 11.3 Å². The fourth-order valence-corrected chi connectivity index (χ4v) is 2.57.